The van der Waals surface area contributed by atoms with Gasteiger partial charge in [0.2, 0.25) is 6.29 Å². The molecule has 0 amide bonds. The highest BCUT2D eigenvalue weighted by Crippen LogP contribution is 2.38. The monoisotopic (exact) mass is 864 g/mol. The van der Waals surface area contributed by atoms with Crippen molar-refractivity contribution in [3.8, 4) is 23.0 Å². The van der Waals surface area contributed by atoms with Gasteiger partial charge >= 0.3 is 0 Å². The van der Waals surface area contributed by atoms with Gasteiger partial charge in [-0.05, 0) is 48.2 Å². The molecule has 22 nitrogen and oxygen atoms in total. The lowest BCUT2D eigenvalue weighted by molar-refractivity contribution is -0.363. The van der Waals surface area contributed by atoms with Crippen LogP contribution in [-0.2, 0) is 30.1 Å². The van der Waals surface area contributed by atoms with Crippen molar-refractivity contribution in [1.29, 1.82) is 0 Å². The number of hydrogen-bond acceptors (Lipinski definition) is 22. The van der Waals surface area contributed by atoms with Crippen molar-refractivity contribution in [2.75, 3.05) is 47.3 Å². The van der Waals surface area contributed by atoms with Crippen molar-refractivity contribution in [3.05, 3.63) is 47.5 Å². The summed E-state index contributed by atoms with van der Waals surface area (Å²) in [6.45, 7) is -2.87. The summed E-state index contributed by atoms with van der Waals surface area (Å²) in [6.07, 6.45) is -27.6. The van der Waals surface area contributed by atoms with Crippen LogP contribution in [0.2, 0.25) is 0 Å². The fourth-order valence-electron chi connectivity index (χ4n) is 6.93. The smallest absolute Gasteiger partial charge is 0.229 e. The number of benzene rings is 2. The van der Waals surface area contributed by atoms with Gasteiger partial charge in [0, 0.05) is 6.61 Å². The van der Waals surface area contributed by atoms with Crippen LogP contribution in [0.5, 0.6) is 23.0 Å². The number of aliphatic hydroxyl groups excluding tert-OH is 13. The van der Waals surface area contributed by atoms with Crippen LogP contribution < -0.4 is 18.9 Å². The van der Waals surface area contributed by atoms with Gasteiger partial charge in [-0.1, -0.05) is 12.1 Å². The molecule has 0 saturated carbocycles. The Hall–Kier alpha value is -3.08. The second-order valence-corrected chi connectivity index (χ2v) is 14.5. The zero-order chi connectivity index (χ0) is 43.8. The van der Waals surface area contributed by atoms with E-state index in [2.05, 4.69) is 0 Å². The van der Waals surface area contributed by atoms with Crippen molar-refractivity contribution in [2.24, 2.45) is 0 Å². The van der Waals surface area contributed by atoms with E-state index in [0.29, 0.717) is 18.6 Å². The highest BCUT2D eigenvalue weighted by Gasteiger charge is 2.52. The predicted molar refractivity (Wildman–Crippen MR) is 198 cm³/mol. The van der Waals surface area contributed by atoms with Gasteiger partial charge in [-0.2, -0.15) is 0 Å². The molecule has 3 aliphatic rings. The number of aliphatic hydroxyl groups is 13. The Bertz CT molecular complexity index is 1610. The zero-order valence-electron chi connectivity index (χ0n) is 32.7. The summed E-state index contributed by atoms with van der Waals surface area (Å²) >= 11 is 0. The third-order valence-electron chi connectivity index (χ3n) is 10.5. The first-order chi connectivity index (χ1) is 28.7. The van der Waals surface area contributed by atoms with Crippen LogP contribution in [0.1, 0.15) is 23.7 Å². The Balaban J connectivity index is 1.38. The molecule has 3 aliphatic heterocycles. The van der Waals surface area contributed by atoms with Crippen LogP contribution >= 0.6 is 0 Å². The van der Waals surface area contributed by atoms with Gasteiger partial charge in [0.15, 0.2) is 47.8 Å². The third-order valence-corrected chi connectivity index (χ3v) is 10.5. The Kier molecular flexibility index (Phi) is 17.4. The summed E-state index contributed by atoms with van der Waals surface area (Å²) in [5.74, 6) is 0.397. The fraction of sp³-hybridized carbons (Fsp3) is 0.684. The summed E-state index contributed by atoms with van der Waals surface area (Å²) in [4.78, 5) is 0. The zero-order valence-corrected chi connectivity index (χ0v) is 32.7. The van der Waals surface area contributed by atoms with E-state index in [-0.39, 0.29) is 29.4 Å². The first-order valence-corrected chi connectivity index (χ1v) is 19.2. The van der Waals surface area contributed by atoms with E-state index in [1.807, 2.05) is 0 Å². The van der Waals surface area contributed by atoms with Crippen LogP contribution in [0.3, 0.4) is 0 Å². The maximum Gasteiger partial charge on any atom is 0.229 e. The maximum atomic E-state index is 11.4. The summed E-state index contributed by atoms with van der Waals surface area (Å²) in [5, 5.41) is 135. The van der Waals surface area contributed by atoms with Gasteiger partial charge in [0.1, 0.15) is 73.2 Å². The van der Waals surface area contributed by atoms with E-state index in [0.717, 1.165) is 5.56 Å². The van der Waals surface area contributed by atoms with E-state index in [9.17, 15) is 66.4 Å². The van der Waals surface area contributed by atoms with Gasteiger partial charge in [-0.15, -0.1) is 0 Å². The Labute approximate surface area is 343 Å². The molecule has 3 saturated heterocycles. The quantitative estimate of drug-likeness (QED) is 0.0628. The standard InChI is InChI=1S/C38H56O22/c1-52-20-10-16(4-3-9-39)5-7-18(20)55-22(12-40)26(43)17-6-8-19(21(11-17)53-2)56-38-35(60-37-34(51)31(48)28(45)24(14-42)58-37)32(49)29(46)25(59-38)15-54-36-33(50)30(47)27(44)23(13-41)57-36/h5-8,10-11,22-51H,3-4,9,12-15H2,1-2H3/t22-,23-,24-,25-,26-,27-,28-,29-,30+,31+,32+,33-,34-,35-,36-,37+,38-/m1/s1. The first-order valence-electron chi connectivity index (χ1n) is 19.2. The van der Waals surface area contributed by atoms with E-state index in [1.54, 1.807) is 18.2 Å². The van der Waals surface area contributed by atoms with Gasteiger partial charge in [0.25, 0.3) is 0 Å². The lowest BCUT2D eigenvalue weighted by Crippen LogP contribution is -2.65. The van der Waals surface area contributed by atoms with Gasteiger partial charge in [-0.3, -0.25) is 0 Å². The number of ether oxygens (including phenoxy) is 9. The Morgan fingerprint density at radius 1 is 0.600 bits per heavy atom. The molecule has 5 rings (SSSR count). The topological polar surface area (TPSA) is 346 Å². The summed E-state index contributed by atoms with van der Waals surface area (Å²) in [6, 6.07) is 9.15. The van der Waals surface area contributed by atoms with Crippen molar-refractivity contribution in [3.63, 3.8) is 0 Å². The van der Waals surface area contributed by atoms with E-state index < -0.39 is 131 Å². The maximum absolute atomic E-state index is 11.4. The molecule has 2 aromatic rings. The second kappa shape index (κ2) is 21.8. The summed E-state index contributed by atoms with van der Waals surface area (Å²) in [7, 11) is 2.69. The summed E-state index contributed by atoms with van der Waals surface area (Å²) in [5.41, 5.74) is 1.05. The number of methoxy groups -OCH3 is 2. The molecule has 0 aromatic heterocycles. The fourth-order valence-corrected chi connectivity index (χ4v) is 6.93. The minimum atomic E-state index is -1.96. The van der Waals surface area contributed by atoms with Crippen LogP contribution in [0.15, 0.2) is 36.4 Å². The lowest BCUT2D eigenvalue weighted by Gasteiger charge is -2.46. The molecular formula is C38H56O22. The lowest BCUT2D eigenvalue weighted by atomic mass is 9.97. The number of rotatable bonds is 19. The predicted octanol–water partition coefficient (Wildman–Crippen LogP) is -5.07. The highest BCUT2D eigenvalue weighted by molar-refractivity contribution is 5.45. The molecule has 22 heteroatoms. The van der Waals surface area contributed by atoms with Gasteiger partial charge in [-0.25, -0.2) is 0 Å². The average molecular weight is 865 g/mol. The molecule has 13 N–H and O–H groups in total. The minimum Gasteiger partial charge on any atom is -0.493 e. The minimum absolute atomic E-state index is 0.00586. The molecule has 340 valence electrons. The van der Waals surface area contributed by atoms with Crippen molar-refractivity contribution >= 4 is 0 Å². The van der Waals surface area contributed by atoms with Crippen molar-refractivity contribution < 1.29 is 109 Å². The Morgan fingerprint density at radius 3 is 1.77 bits per heavy atom. The molecule has 0 radical (unpaired) electrons. The molecule has 0 spiro atoms. The van der Waals surface area contributed by atoms with Crippen LogP contribution in [0.4, 0.5) is 0 Å². The highest BCUT2D eigenvalue weighted by atomic mass is 16.8. The SMILES string of the molecule is COc1cc([C@@H](O)[C@@H](CO)Oc2ccc(CCCO)cc2OC)ccc1O[C@@H]1O[C@H](CO[C@@H]2O[C@H](CO)[C@@H](O)[C@H](O)[C@H]2O)[C@@H](O)[C@H](O)[C@H]1O[C@@H]1O[C@H](CO)[C@@H](O)[C@H](O)[C@H]1O. The second-order valence-electron chi connectivity index (χ2n) is 14.5. The molecule has 2 aromatic carbocycles. The van der Waals surface area contributed by atoms with E-state index >= 15 is 0 Å². The van der Waals surface area contributed by atoms with Crippen LogP contribution in [-0.4, -0.2) is 212 Å². The van der Waals surface area contributed by atoms with E-state index in [4.69, 9.17) is 42.6 Å². The molecule has 17 atom stereocenters. The molecule has 60 heavy (non-hydrogen) atoms. The largest absolute Gasteiger partial charge is 0.493 e. The Morgan fingerprint density at radius 2 is 1.17 bits per heavy atom. The number of aryl methyl sites for hydroxylation is 1. The number of hydrogen-bond donors (Lipinski definition) is 13. The van der Waals surface area contributed by atoms with E-state index in [1.165, 1.54) is 32.4 Å². The first kappa shape index (κ1) is 48.0. The summed E-state index contributed by atoms with van der Waals surface area (Å²) < 4.78 is 51.2. The van der Waals surface area contributed by atoms with Gasteiger partial charge < -0.3 is 109 Å². The molecule has 0 aliphatic carbocycles. The molecular weight excluding hydrogens is 808 g/mol. The molecule has 0 bridgehead atoms. The van der Waals surface area contributed by atoms with Crippen LogP contribution in [0.25, 0.3) is 0 Å². The molecule has 3 fully saturated rings. The molecule has 3 heterocycles. The normalized spacial score (nSPS) is 35.7. The molecule has 0 unspecified atom stereocenters. The van der Waals surface area contributed by atoms with Crippen molar-refractivity contribution in [2.45, 2.75) is 117 Å². The van der Waals surface area contributed by atoms with Crippen LogP contribution in [0, 0.1) is 0 Å². The van der Waals surface area contributed by atoms with Crippen molar-refractivity contribution in [1.82, 2.24) is 0 Å². The average Bonchev–Trinajstić information content (AvgIpc) is 3.26. The van der Waals surface area contributed by atoms with Gasteiger partial charge in [0.05, 0.1) is 40.6 Å². The third kappa shape index (κ3) is 10.7.